The van der Waals surface area contributed by atoms with Crippen molar-refractivity contribution in [3.05, 3.63) is 12.4 Å². The van der Waals surface area contributed by atoms with Crippen molar-refractivity contribution in [1.29, 1.82) is 0 Å². The van der Waals surface area contributed by atoms with Crippen LogP contribution in [-0.2, 0) is 6.54 Å². The average molecular weight is 281 g/mol. The first-order chi connectivity index (χ1) is 9.58. The molecule has 2 atom stereocenters. The molecule has 2 unspecified atom stereocenters. The van der Waals surface area contributed by atoms with Crippen LogP contribution in [0.25, 0.3) is 0 Å². The maximum atomic E-state index is 10.3. The van der Waals surface area contributed by atoms with E-state index in [1.54, 1.807) is 17.1 Å². The van der Waals surface area contributed by atoms with Crippen molar-refractivity contribution >= 4 is 5.69 Å². The van der Waals surface area contributed by atoms with E-state index in [9.17, 15) is 5.11 Å². The number of aromatic nitrogens is 2. The van der Waals surface area contributed by atoms with Crippen molar-refractivity contribution < 1.29 is 5.11 Å². The fraction of sp³-hybridized carbons (Fsp3) is 0.786. The summed E-state index contributed by atoms with van der Waals surface area (Å²) in [7, 11) is 2.18. The Balaban J connectivity index is 1.89. The number of rotatable bonds is 5. The second-order valence-corrected chi connectivity index (χ2v) is 5.82. The topological polar surface area (TPSA) is 70.5 Å². The van der Waals surface area contributed by atoms with Crippen LogP contribution in [0.4, 0.5) is 5.69 Å². The molecular formula is C14H27N5O. The zero-order valence-corrected chi connectivity index (χ0v) is 12.6. The van der Waals surface area contributed by atoms with Crippen LogP contribution in [0, 0.1) is 0 Å². The molecule has 3 N–H and O–H groups in total. The Labute approximate surface area is 121 Å². The van der Waals surface area contributed by atoms with Gasteiger partial charge in [-0.15, -0.1) is 0 Å². The fourth-order valence-corrected chi connectivity index (χ4v) is 2.94. The first-order valence-electron chi connectivity index (χ1n) is 7.47. The molecule has 1 aromatic heterocycles. The highest BCUT2D eigenvalue weighted by molar-refractivity contribution is 5.30. The molecule has 1 saturated heterocycles. The van der Waals surface area contributed by atoms with Gasteiger partial charge in [0.2, 0.25) is 0 Å². The number of nitrogens with zero attached hydrogens (tertiary/aromatic N) is 4. The zero-order chi connectivity index (χ0) is 14.5. The molecule has 20 heavy (non-hydrogen) atoms. The van der Waals surface area contributed by atoms with Gasteiger partial charge in [-0.3, -0.25) is 9.58 Å². The van der Waals surface area contributed by atoms with Gasteiger partial charge in [0.05, 0.1) is 24.5 Å². The standard InChI is InChI=1S/C14H27N5O/c1-3-13-9-17(2)5-4-6-18(13)10-14(20)11-19-8-12(15)7-16-19/h7-8,13-14,20H,3-6,9-11,15H2,1-2H3. The highest BCUT2D eigenvalue weighted by Gasteiger charge is 2.23. The summed E-state index contributed by atoms with van der Waals surface area (Å²) in [5.74, 6) is 0. The molecule has 2 heterocycles. The van der Waals surface area contributed by atoms with E-state index in [-0.39, 0.29) is 0 Å². The van der Waals surface area contributed by atoms with E-state index in [0.717, 1.165) is 32.5 Å². The minimum absolute atomic E-state index is 0.410. The second kappa shape index (κ2) is 7.06. The second-order valence-electron chi connectivity index (χ2n) is 5.82. The molecule has 1 aromatic rings. The normalized spacial score (nSPS) is 23.6. The molecule has 2 rings (SSSR count). The van der Waals surface area contributed by atoms with Gasteiger partial charge in [0, 0.05) is 25.3 Å². The summed E-state index contributed by atoms with van der Waals surface area (Å²) in [4.78, 5) is 4.80. The minimum Gasteiger partial charge on any atom is -0.396 e. The molecule has 1 aliphatic heterocycles. The summed E-state index contributed by atoms with van der Waals surface area (Å²) in [5.41, 5.74) is 6.28. The highest BCUT2D eigenvalue weighted by Crippen LogP contribution is 2.13. The third-order valence-electron chi connectivity index (χ3n) is 3.99. The van der Waals surface area contributed by atoms with E-state index in [1.807, 2.05) is 0 Å². The van der Waals surface area contributed by atoms with Crippen LogP contribution in [0.15, 0.2) is 12.4 Å². The SMILES string of the molecule is CCC1CN(C)CCCN1CC(O)Cn1cc(N)cn1. The Morgan fingerprint density at radius 2 is 2.25 bits per heavy atom. The summed E-state index contributed by atoms with van der Waals surface area (Å²) in [6.07, 6.45) is 5.24. The molecule has 6 nitrogen and oxygen atoms in total. The quantitative estimate of drug-likeness (QED) is 0.809. The molecule has 1 aliphatic rings. The van der Waals surface area contributed by atoms with Gasteiger partial charge in [-0.25, -0.2) is 0 Å². The van der Waals surface area contributed by atoms with Crippen molar-refractivity contribution in [2.75, 3.05) is 39.0 Å². The highest BCUT2D eigenvalue weighted by atomic mass is 16.3. The van der Waals surface area contributed by atoms with Crippen LogP contribution in [0.3, 0.4) is 0 Å². The molecule has 6 heteroatoms. The van der Waals surface area contributed by atoms with Crippen LogP contribution in [0.5, 0.6) is 0 Å². The average Bonchev–Trinajstić information content (AvgIpc) is 2.71. The number of likely N-dealkylation sites (N-methyl/N-ethyl adjacent to an activating group) is 1. The van der Waals surface area contributed by atoms with E-state index in [2.05, 4.69) is 28.9 Å². The molecule has 0 spiro atoms. The summed E-state index contributed by atoms with van der Waals surface area (Å²) in [6, 6.07) is 0.528. The predicted molar refractivity (Wildman–Crippen MR) is 80.4 cm³/mol. The van der Waals surface area contributed by atoms with E-state index in [0.29, 0.717) is 24.8 Å². The summed E-state index contributed by atoms with van der Waals surface area (Å²) < 4.78 is 1.71. The number of aliphatic hydroxyl groups excluding tert-OH is 1. The lowest BCUT2D eigenvalue weighted by molar-refractivity contribution is 0.0721. The molecular weight excluding hydrogens is 254 g/mol. The third kappa shape index (κ3) is 4.19. The number of nitrogens with two attached hydrogens (primary N) is 1. The van der Waals surface area contributed by atoms with Crippen molar-refractivity contribution in [2.24, 2.45) is 0 Å². The van der Waals surface area contributed by atoms with Crippen molar-refractivity contribution in [3.63, 3.8) is 0 Å². The fourth-order valence-electron chi connectivity index (χ4n) is 2.94. The summed E-state index contributed by atoms with van der Waals surface area (Å²) in [6.45, 7) is 6.70. The third-order valence-corrected chi connectivity index (χ3v) is 3.99. The zero-order valence-electron chi connectivity index (χ0n) is 12.6. The van der Waals surface area contributed by atoms with Gasteiger partial charge in [-0.05, 0) is 33.0 Å². The van der Waals surface area contributed by atoms with E-state index >= 15 is 0 Å². The largest absolute Gasteiger partial charge is 0.396 e. The van der Waals surface area contributed by atoms with E-state index in [4.69, 9.17) is 5.73 Å². The van der Waals surface area contributed by atoms with Crippen molar-refractivity contribution in [3.8, 4) is 0 Å². The maximum Gasteiger partial charge on any atom is 0.0862 e. The summed E-state index contributed by atoms with van der Waals surface area (Å²) >= 11 is 0. The Morgan fingerprint density at radius 3 is 2.90 bits per heavy atom. The lowest BCUT2D eigenvalue weighted by Gasteiger charge is -2.31. The van der Waals surface area contributed by atoms with E-state index in [1.165, 1.54) is 0 Å². The number of hydrogen-bond donors (Lipinski definition) is 2. The smallest absolute Gasteiger partial charge is 0.0862 e. The first kappa shape index (κ1) is 15.3. The van der Waals surface area contributed by atoms with Crippen LogP contribution >= 0.6 is 0 Å². The number of hydrogen-bond acceptors (Lipinski definition) is 5. The molecule has 1 fully saturated rings. The Bertz CT molecular complexity index is 408. The molecule has 0 radical (unpaired) electrons. The number of aliphatic hydroxyl groups is 1. The molecule has 0 bridgehead atoms. The van der Waals surface area contributed by atoms with Gasteiger partial charge < -0.3 is 15.7 Å². The van der Waals surface area contributed by atoms with E-state index < -0.39 is 6.10 Å². The Morgan fingerprint density at radius 1 is 1.45 bits per heavy atom. The van der Waals surface area contributed by atoms with Gasteiger partial charge >= 0.3 is 0 Å². The lowest BCUT2D eigenvalue weighted by Crippen LogP contribution is -2.44. The van der Waals surface area contributed by atoms with Crippen LogP contribution < -0.4 is 5.73 Å². The van der Waals surface area contributed by atoms with Gasteiger partial charge in [0.15, 0.2) is 0 Å². The maximum absolute atomic E-state index is 10.3. The Hall–Kier alpha value is -1.11. The van der Waals surface area contributed by atoms with Crippen LogP contribution in [0.2, 0.25) is 0 Å². The number of β-amino-alcohol motifs (C(OH)–C–C–N with tert-alkyl or cyclic N) is 1. The van der Waals surface area contributed by atoms with Gasteiger partial charge in [-0.2, -0.15) is 5.10 Å². The molecule has 0 aromatic carbocycles. The number of anilines is 1. The first-order valence-corrected chi connectivity index (χ1v) is 7.47. The Kier molecular flexibility index (Phi) is 5.39. The number of nitrogen functional groups attached to an aromatic ring is 1. The van der Waals surface area contributed by atoms with Gasteiger partial charge in [0.25, 0.3) is 0 Å². The minimum atomic E-state index is -0.410. The summed E-state index contributed by atoms with van der Waals surface area (Å²) in [5, 5.41) is 14.4. The molecule has 0 aliphatic carbocycles. The van der Waals surface area contributed by atoms with Crippen molar-refractivity contribution in [1.82, 2.24) is 19.6 Å². The molecule has 114 valence electrons. The van der Waals surface area contributed by atoms with Gasteiger partial charge in [-0.1, -0.05) is 6.92 Å². The van der Waals surface area contributed by atoms with Crippen LogP contribution in [-0.4, -0.2) is 70.1 Å². The molecule has 0 saturated carbocycles. The predicted octanol–water partition coefficient (Wildman–Crippen LogP) is 0.242. The lowest BCUT2D eigenvalue weighted by atomic mass is 10.1. The molecule has 0 amide bonds. The van der Waals surface area contributed by atoms with Crippen LogP contribution in [0.1, 0.15) is 19.8 Å². The van der Waals surface area contributed by atoms with Gasteiger partial charge in [0.1, 0.15) is 0 Å². The monoisotopic (exact) mass is 281 g/mol. The van der Waals surface area contributed by atoms with Crippen molar-refractivity contribution in [2.45, 2.75) is 38.5 Å².